The highest BCUT2D eigenvalue weighted by molar-refractivity contribution is 5.89. The highest BCUT2D eigenvalue weighted by atomic mass is 14.7. The summed E-state index contributed by atoms with van der Waals surface area (Å²) in [6, 6.07) is 28.6. The zero-order chi connectivity index (χ0) is 15.6. The van der Waals surface area contributed by atoms with E-state index in [1.165, 1.54) is 0 Å². The van der Waals surface area contributed by atoms with Crippen LogP contribution in [-0.4, -0.2) is 4.98 Å². The van der Waals surface area contributed by atoms with E-state index in [0.29, 0.717) is 0 Å². The molecule has 0 radical (unpaired) electrons. The van der Waals surface area contributed by atoms with Crippen molar-refractivity contribution in [1.82, 2.24) is 4.98 Å². The lowest BCUT2D eigenvalue weighted by Gasteiger charge is -2.12. The number of nitrogens with two attached hydrogens (primary N) is 1. The molecule has 0 atom stereocenters. The van der Waals surface area contributed by atoms with Gasteiger partial charge in [0.15, 0.2) is 0 Å². The van der Waals surface area contributed by atoms with Gasteiger partial charge in [-0.3, -0.25) is 0 Å². The van der Waals surface area contributed by atoms with E-state index in [1.54, 1.807) is 0 Å². The van der Waals surface area contributed by atoms with Crippen LogP contribution in [0.15, 0.2) is 84.9 Å². The maximum Gasteiger partial charge on any atom is 0.0715 e. The van der Waals surface area contributed by atoms with Gasteiger partial charge in [-0.1, -0.05) is 66.7 Å². The van der Waals surface area contributed by atoms with Crippen LogP contribution in [0, 0.1) is 0 Å². The second-order valence-corrected chi connectivity index (χ2v) is 5.52. The zero-order valence-electron chi connectivity index (χ0n) is 12.6. The molecule has 2 N–H and O–H groups in total. The summed E-state index contributed by atoms with van der Waals surface area (Å²) in [5, 5.41) is 1.15. The minimum atomic E-state index is 0.778. The number of nitrogen functional groups attached to an aromatic ring is 1. The van der Waals surface area contributed by atoms with Crippen molar-refractivity contribution >= 4 is 16.6 Å². The zero-order valence-corrected chi connectivity index (χ0v) is 12.6. The second kappa shape index (κ2) is 5.58. The Morgan fingerprint density at radius 2 is 1.22 bits per heavy atom. The summed E-state index contributed by atoms with van der Waals surface area (Å²) < 4.78 is 0. The molecule has 0 saturated heterocycles. The van der Waals surface area contributed by atoms with E-state index in [9.17, 15) is 0 Å². The van der Waals surface area contributed by atoms with Crippen molar-refractivity contribution in [2.75, 3.05) is 5.73 Å². The van der Waals surface area contributed by atoms with E-state index in [1.807, 2.05) is 48.5 Å². The summed E-state index contributed by atoms with van der Waals surface area (Å²) in [7, 11) is 0. The van der Waals surface area contributed by atoms with Gasteiger partial charge in [-0.2, -0.15) is 0 Å². The van der Waals surface area contributed by atoms with Gasteiger partial charge >= 0.3 is 0 Å². The first-order chi connectivity index (χ1) is 11.3. The Morgan fingerprint density at radius 3 is 2.04 bits per heavy atom. The molecule has 3 aromatic carbocycles. The Morgan fingerprint density at radius 1 is 0.565 bits per heavy atom. The molecule has 0 fully saturated rings. The molecule has 4 rings (SSSR count). The molecule has 1 aromatic heterocycles. The minimum absolute atomic E-state index is 0.778. The van der Waals surface area contributed by atoms with Crippen LogP contribution in [0.1, 0.15) is 0 Å². The molecule has 0 spiro atoms. The second-order valence-electron chi connectivity index (χ2n) is 5.52. The van der Waals surface area contributed by atoms with E-state index in [-0.39, 0.29) is 0 Å². The van der Waals surface area contributed by atoms with E-state index >= 15 is 0 Å². The third-order valence-corrected chi connectivity index (χ3v) is 4.05. The predicted molar refractivity (Wildman–Crippen MR) is 97.0 cm³/mol. The maximum absolute atomic E-state index is 6.17. The molecule has 0 unspecified atom stereocenters. The SMILES string of the molecule is Nc1ccccc1-c1ccccc1-c1ccc2ccccc2n1. The van der Waals surface area contributed by atoms with Gasteiger partial charge in [0.2, 0.25) is 0 Å². The summed E-state index contributed by atoms with van der Waals surface area (Å²) in [6.07, 6.45) is 0. The highest BCUT2D eigenvalue weighted by Gasteiger charge is 2.10. The average molecular weight is 296 g/mol. The molecular formula is C21H16N2. The molecule has 1 heterocycles. The Kier molecular flexibility index (Phi) is 3.28. The number of hydrogen-bond donors (Lipinski definition) is 1. The van der Waals surface area contributed by atoms with Crippen LogP contribution in [0.3, 0.4) is 0 Å². The van der Waals surface area contributed by atoms with Gasteiger partial charge in [0.05, 0.1) is 11.2 Å². The molecule has 0 bridgehead atoms. The fourth-order valence-corrected chi connectivity index (χ4v) is 2.90. The number of nitrogens with zero attached hydrogens (tertiary/aromatic N) is 1. The van der Waals surface area contributed by atoms with Gasteiger partial charge in [-0.05, 0) is 23.8 Å². The van der Waals surface area contributed by atoms with Gasteiger partial charge in [-0.15, -0.1) is 0 Å². The summed E-state index contributed by atoms with van der Waals surface area (Å²) in [6.45, 7) is 0. The Balaban J connectivity index is 1.93. The number of rotatable bonds is 2. The number of hydrogen-bond acceptors (Lipinski definition) is 2. The first-order valence-electron chi connectivity index (χ1n) is 7.63. The molecule has 2 nitrogen and oxygen atoms in total. The monoisotopic (exact) mass is 296 g/mol. The largest absolute Gasteiger partial charge is 0.398 e. The van der Waals surface area contributed by atoms with Crippen LogP contribution >= 0.6 is 0 Å². The van der Waals surface area contributed by atoms with Crippen molar-refractivity contribution < 1.29 is 0 Å². The lowest BCUT2D eigenvalue weighted by atomic mass is 9.96. The molecular weight excluding hydrogens is 280 g/mol. The lowest BCUT2D eigenvalue weighted by Crippen LogP contribution is -1.93. The first kappa shape index (κ1) is 13.5. The molecule has 2 heteroatoms. The Labute approximate surface area is 135 Å². The fourth-order valence-electron chi connectivity index (χ4n) is 2.90. The van der Waals surface area contributed by atoms with Crippen LogP contribution in [0.25, 0.3) is 33.3 Å². The number of pyridine rings is 1. The van der Waals surface area contributed by atoms with Crippen molar-refractivity contribution in [2.24, 2.45) is 0 Å². The third-order valence-electron chi connectivity index (χ3n) is 4.05. The summed E-state index contributed by atoms with van der Waals surface area (Å²) in [5.74, 6) is 0. The number of benzene rings is 3. The minimum Gasteiger partial charge on any atom is -0.398 e. The highest BCUT2D eigenvalue weighted by Crippen LogP contribution is 2.34. The topological polar surface area (TPSA) is 38.9 Å². The molecule has 0 amide bonds. The van der Waals surface area contributed by atoms with Gasteiger partial charge in [0, 0.05) is 22.2 Å². The molecule has 0 aliphatic carbocycles. The van der Waals surface area contributed by atoms with Crippen LogP contribution in [0.5, 0.6) is 0 Å². The molecule has 0 aliphatic rings. The third kappa shape index (κ3) is 2.44. The van der Waals surface area contributed by atoms with Gasteiger partial charge in [-0.25, -0.2) is 4.98 Å². The Bertz CT molecular complexity index is 989. The van der Waals surface area contributed by atoms with Gasteiger partial charge in [0.1, 0.15) is 0 Å². The number of fused-ring (bicyclic) bond motifs is 1. The standard InChI is InChI=1S/C21H16N2/c22-19-11-5-4-9-17(19)16-8-2-3-10-18(16)21-14-13-15-7-1-6-12-20(15)23-21/h1-14H,22H2. The van der Waals surface area contributed by atoms with Crippen LogP contribution in [0.4, 0.5) is 5.69 Å². The van der Waals surface area contributed by atoms with Gasteiger partial charge in [0.25, 0.3) is 0 Å². The van der Waals surface area contributed by atoms with E-state index in [2.05, 4.69) is 36.4 Å². The quantitative estimate of drug-likeness (QED) is 0.519. The molecule has 0 aliphatic heterocycles. The number of aromatic nitrogens is 1. The Hall–Kier alpha value is -3.13. The summed E-state index contributed by atoms with van der Waals surface area (Å²) in [5.41, 5.74) is 12.1. The van der Waals surface area contributed by atoms with E-state index < -0.39 is 0 Å². The maximum atomic E-state index is 6.17. The normalized spacial score (nSPS) is 10.8. The first-order valence-corrected chi connectivity index (χ1v) is 7.63. The predicted octanol–water partition coefficient (Wildman–Crippen LogP) is 5.15. The lowest BCUT2D eigenvalue weighted by molar-refractivity contribution is 1.40. The van der Waals surface area contributed by atoms with Crippen molar-refractivity contribution in [1.29, 1.82) is 0 Å². The van der Waals surface area contributed by atoms with Crippen molar-refractivity contribution in [3.05, 3.63) is 84.9 Å². The van der Waals surface area contributed by atoms with Crippen LogP contribution < -0.4 is 5.73 Å². The molecule has 23 heavy (non-hydrogen) atoms. The average Bonchev–Trinajstić information content (AvgIpc) is 2.62. The van der Waals surface area contributed by atoms with Crippen LogP contribution in [0.2, 0.25) is 0 Å². The van der Waals surface area contributed by atoms with E-state index in [0.717, 1.165) is 39.0 Å². The fraction of sp³-hybridized carbons (Fsp3) is 0. The summed E-state index contributed by atoms with van der Waals surface area (Å²) in [4.78, 5) is 4.82. The van der Waals surface area contributed by atoms with Gasteiger partial charge < -0.3 is 5.73 Å². The summed E-state index contributed by atoms with van der Waals surface area (Å²) >= 11 is 0. The van der Waals surface area contributed by atoms with Crippen molar-refractivity contribution in [3.8, 4) is 22.4 Å². The van der Waals surface area contributed by atoms with Crippen LogP contribution in [-0.2, 0) is 0 Å². The molecule has 4 aromatic rings. The van der Waals surface area contributed by atoms with E-state index in [4.69, 9.17) is 10.7 Å². The molecule has 0 saturated carbocycles. The number of anilines is 1. The van der Waals surface area contributed by atoms with Crippen molar-refractivity contribution in [2.45, 2.75) is 0 Å². The van der Waals surface area contributed by atoms with Crippen molar-refractivity contribution in [3.63, 3.8) is 0 Å². The number of para-hydroxylation sites is 2. The molecule has 110 valence electrons. The smallest absolute Gasteiger partial charge is 0.0715 e.